The van der Waals surface area contributed by atoms with Gasteiger partial charge in [-0.1, -0.05) is 30.7 Å². The van der Waals surface area contributed by atoms with E-state index in [2.05, 4.69) is 33.4 Å². The normalized spacial score (nSPS) is 31.4. The number of allylic oxidation sites excluding steroid dienone is 3. The van der Waals surface area contributed by atoms with E-state index in [1.807, 2.05) is 0 Å². The second-order valence-electron chi connectivity index (χ2n) is 3.86. The van der Waals surface area contributed by atoms with Crippen LogP contribution in [0.3, 0.4) is 0 Å². The molecule has 0 heteroatoms. The standard InChI is InChI=1S/C11H18/c1-8(2)11-6-5-9(3)7-10(11)4/h7,9,11H,1,5-6H2,2-4H3. The lowest BCUT2D eigenvalue weighted by Crippen LogP contribution is -2.11. The first-order chi connectivity index (χ1) is 5.11. The van der Waals surface area contributed by atoms with Crippen molar-refractivity contribution in [3.05, 3.63) is 23.8 Å². The van der Waals surface area contributed by atoms with E-state index >= 15 is 0 Å². The minimum Gasteiger partial charge on any atom is -0.0995 e. The summed E-state index contributed by atoms with van der Waals surface area (Å²) in [5.41, 5.74) is 2.85. The van der Waals surface area contributed by atoms with Crippen molar-refractivity contribution in [1.29, 1.82) is 0 Å². The summed E-state index contributed by atoms with van der Waals surface area (Å²) in [7, 11) is 0. The van der Waals surface area contributed by atoms with Gasteiger partial charge in [-0.3, -0.25) is 0 Å². The molecule has 0 amide bonds. The molecule has 0 bridgehead atoms. The average Bonchev–Trinajstić information content (AvgIpc) is 1.85. The van der Waals surface area contributed by atoms with Crippen LogP contribution in [0.5, 0.6) is 0 Å². The number of rotatable bonds is 1. The van der Waals surface area contributed by atoms with Gasteiger partial charge in [0.25, 0.3) is 0 Å². The Kier molecular flexibility index (Phi) is 2.53. The van der Waals surface area contributed by atoms with Crippen LogP contribution in [0.1, 0.15) is 33.6 Å². The van der Waals surface area contributed by atoms with Gasteiger partial charge >= 0.3 is 0 Å². The summed E-state index contributed by atoms with van der Waals surface area (Å²) in [6.07, 6.45) is 5.02. The topological polar surface area (TPSA) is 0 Å². The van der Waals surface area contributed by atoms with E-state index in [1.54, 1.807) is 0 Å². The molecule has 0 aromatic rings. The monoisotopic (exact) mass is 150 g/mol. The zero-order valence-corrected chi connectivity index (χ0v) is 7.85. The van der Waals surface area contributed by atoms with Crippen LogP contribution in [0.15, 0.2) is 23.8 Å². The summed E-state index contributed by atoms with van der Waals surface area (Å²) >= 11 is 0. The SMILES string of the molecule is C=C(C)C1CCC(C)C=C1C. The molecule has 1 rings (SSSR count). The predicted molar refractivity (Wildman–Crippen MR) is 50.5 cm³/mol. The second-order valence-corrected chi connectivity index (χ2v) is 3.86. The van der Waals surface area contributed by atoms with E-state index < -0.39 is 0 Å². The fourth-order valence-electron chi connectivity index (χ4n) is 1.94. The van der Waals surface area contributed by atoms with Crippen molar-refractivity contribution in [3.63, 3.8) is 0 Å². The third-order valence-electron chi connectivity index (χ3n) is 2.60. The van der Waals surface area contributed by atoms with Crippen LogP contribution in [-0.2, 0) is 0 Å². The molecule has 1 aliphatic carbocycles. The molecule has 62 valence electrons. The number of hydrogen-bond donors (Lipinski definition) is 0. The van der Waals surface area contributed by atoms with Gasteiger partial charge in [0.15, 0.2) is 0 Å². The molecule has 0 aromatic carbocycles. The Bertz CT molecular complexity index is 186. The Hall–Kier alpha value is -0.520. The van der Waals surface area contributed by atoms with Gasteiger partial charge in [-0.15, -0.1) is 0 Å². The third kappa shape index (κ3) is 1.95. The first-order valence-corrected chi connectivity index (χ1v) is 4.45. The Morgan fingerprint density at radius 3 is 2.64 bits per heavy atom. The van der Waals surface area contributed by atoms with Crippen LogP contribution >= 0.6 is 0 Å². The number of hydrogen-bond acceptors (Lipinski definition) is 0. The summed E-state index contributed by atoms with van der Waals surface area (Å²) in [6.45, 7) is 10.7. The first-order valence-electron chi connectivity index (χ1n) is 4.45. The molecule has 0 saturated heterocycles. The molecule has 0 heterocycles. The van der Waals surface area contributed by atoms with Crippen LogP contribution < -0.4 is 0 Å². The van der Waals surface area contributed by atoms with Gasteiger partial charge in [0.2, 0.25) is 0 Å². The lowest BCUT2D eigenvalue weighted by Gasteiger charge is -2.25. The van der Waals surface area contributed by atoms with Gasteiger partial charge in [-0.25, -0.2) is 0 Å². The third-order valence-corrected chi connectivity index (χ3v) is 2.60. The summed E-state index contributed by atoms with van der Waals surface area (Å²) in [6, 6.07) is 0. The molecule has 1 aliphatic rings. The highest BCUT2D eigenvalue weighted by Crippen LogP contribution is 2.31. The van der Waals surface area contributed by atoms with Gasteiger partial charge in [-0.05, 0) is 38.5 Å². The Morgan fingerprint density at radius 2 is 2.18 bits per heavy atom. The molecule has 0 aromatic heterocycles. The fraction of sp³-hybridized carbons (Fsp3) is 0.636. The minimum atomic E-state index is 0.672. The molecule has 0 N–H and O–H groups in total. The van der Waals surface area contributed by atoms with E-state index in [0.717, 1.165) is 5.92 Å². The van der Waals surface area contributed by atoms with Gasteiger partial charge in [-0.2, -0.15) is 0 Å². The lowest BCUT2D eigenvalue weighted by atomic mass is 9.80. The maximum absolute atomic E-state index is 4.01. The summed E-state index contributed by atoms with van der Waals surface area (Å²) < 4.78 is 0. The average molecular weight is 150 g/mol. The van der Waals surface area contributed by atoms with E-state index in [4.69, 9.17) is 0 Å². The predicted octanol–water partition coefficient (Wildman–Crippen LogP) is 3.55. The maximum Gasteiger partial charge on any atom is -0.0000994 e. The van der Waals surface area contributed by atoms with Crippen molar-refractivity contribution in [3.8, 4) is 0 Å². The zero-order valence-electron chi connectivity index (χ0n) is 7.85. The summed E-state index contributed by atoms with van der Waals surface area (Å²) in [5, 5.41) is 0. The minimum absolute atomic E-state index is 0.672. The van der Waals surface area contributed by atoms with Crippen LogP contribution in [0.2, 0.25) is 0 Å². The molecule has 0 saturated carbocycles. The van der Waals surface area contributed by atoms with Crippen LogP contribution in [-0.4, -0.2) is 0 Å². The molecule has 0 aliphatic heterocycles. The molecule has 2 atom stereocenters. The van der Waals surface area contributed by atoms with Crippen molar-refractivity contribution in [1.82, 2.24) is 0 Å². The molecule has 11 heavy (non-hydrogen) atoms. The van der Waals surface area contributed by atoms with E-state index in [1.165, 1.54) is 24.0 Å². The van der Waals surface area contributed by atoms with Crippen molar-refractivity contribution < 1.29 is 0 Å². The molecule has 2 unspecified atom stereocenters. The zero-order chi connectivity index (χ0) is 8.43. The van der Waals surface area contributed by atoms with E-state index in [-0.39, 0.29) is 0 Å². The summed E-state index contributed by atoms with van der Waals surface area (Å²) in [4.78, 5) is 0. The van der Waals surface area contributed by atoms with Crippen molar-refractivity contribution >= 4 is 0 Å². The first kappa shape index (κ1) is 8.58. The van der Waals surface area contributed by atoms with Gasteiger partial charge in [0.05, 0.1) is 0 Å². The molecule has 0 nitrogen and oxygen atoms in total. The molecular formula is C11H18. The molecule has 0 spiro atoms. The Morgan fingerprint density at radius 1 is 1.55 bits per heavy atom. The lowest BCUT2D eigenvalue weighted by molar-refractivity contribution is 0.494. The van der Waals surface area contributed by atoms with E-state index in [0.29, 0.717) is 5.92 Å². The molecule has 0 fully saturated rings. The van der Waals surface area contributed by atoms with E-state index in [9.17, 15) is 0 Å². The van der Waals surface area contributed by atoms with Gasteiger partial charge in [0.1, 0.15) is 0 Å². The maximum atomic E-state index is 4.01. The Balaban J connectivity index is 2.72. The largest absolute Gasteiger partial charge is 0.0995 e. The van der Waals surface area contributed by atoms with Gasteiger partial charge < -0.3 is 0 Å². The van der Waals surface area contributed by atoms with Crippen LogP contribution in [0.25, 0.3) is 0 Å². The smallest absolute Gasteiger partial charge is 0.0000994 e. The van der Waals surface area contributed by atoms with Crippen LogP contribution in [0, 0.1) is 11.8 Å². The highest BCUT2D eigenvalue weighted by molar-refractivity contribution is 5.19. The van der Waals surface area contributed by atoms with Crippen molar-refractivity contribution in [2.75, 3.05) is 0 Å². The molecule has 0 radical (unpaired) electrons. The highest BCUT2D eigenvalue weighted by atomic mass is 14.2. The fourth-order valence-corrected chi connectivity index (χ4v) is 1.94. The Labute approximate surface area is 70.0 Å². The van der Waals surface area contributed by atoms with Crippen molar-refractivity contribution in [2.24, 2.45) is 11.8 Å². The molecular weight excluding hydrogens is 132 g/mol. The van der Waals surface area contributed by atoms with Gasteiger partial charge in [0, 0.05) is 0 Å². The quantitative estimate of drug-likeness (QED) is 0.501. The second kappa shape index (κ2) is 3.25. The summed E-state index contributed by atoms with van der Waals surface area (Å²) in [5.74, 6) is 1.46. The highest BCUT2D eigenvalue weighted by Gasteiger charge is 2.17. The van der Waals surface area contributed by atoms with Crippen molar-refractivity contribution in [2.45, 2.75) is 33.6 Å². The van der Waals surface area contributed by atoms with Crippen LogP contribution in [0.4, 0.5) is 0 Å².